The molecule has 1 unspecified atom stereocenters. The molecule has 1 aliphatic rings. The lowest BCUT2D eigenvalue weighted by atomic mass is 10.1. The zero-order valence-electron chi connectivity index (χ0n) is 17.8. The minimum Gasteiger partial charge on any atom is -0.497 e. The van der Waals surface area contributed by atoms with Crippen LogP contribution < -0.4 is 4.74 Å². The predicted octanol–water partition coefficient (Wildman–Crippen LogP) is 4.88. The molecular formula is C25H34N2O2. The molecule has 0 spiro atoms. The van der Waals surface area contributed by atoms with Crippen molar-refractivity contribution in [2.45, 2.75) is 58.2 Å². The van der Waals surface area contributed by atoms with E-state index in [9.17, 15) is 4.79 Å². The maximum atomic E-state index is 12.8. The summed E-state index contributed by atoms with van der Waals surface area (Å²) in [6.45, 7) is 5.79. The largest absolute Gasteiger partial charge is 0.497 e. The van der Waals surface area contributed by atoms with Crippen LogP contribution in [0.2, 0.25) is 0 Å². The first-order valence-corrected chi connectivity index (χ1v) is 10.9. The lowest BCUT2D eigenvalue weighted by molar-refractivity contribution is -0.131. The first-order valence-electron chi connectivity index (χ1n) is 10.9. The highest BCUT2D eigenvalue weighted by Crippen LogP contribution is 2.23. The summed E-state index contributed by atoms with van der Waals surface area (Å²) < 4.78 is 5.33. The fourth-order valence-corrected chi connectivity index (χ4v) is 4.12. The number of likely N-dealkylation sites (tertiary alicyclic amines) is 1. The lowest BCUT2D eigenvalue weighted by Gasteiger charge is -2.31. The summed E-state index contributed by atoms with van der Waals surface area (Å²) in [6.07, 6.45) is 5.01. The molecule has 1 atom stereocenters. The number of nitrogens with zero attached hydrogens (tertiary/aromatic N) is 2. The standard InChI is InChI=1S/C25H34N2O2/c1-3-4-16-26(19-21-9-6-5-7-10-21)23-13-14-25(28)27(17-15-23)20-22-11-8-12-24(18-22)29-2/h5-12,18,23H,3-4,13-17,19-20H2,1-2H3. The van der Waals surface area contributed by atoms with Gasteiger partial charge in [0.1, 0.15) is 5.75 Å². The van der Waals surface area contributed by atoms with Crippen molar-refractivity contribution >= 4 is 5.91 Å². The van der Waals surface area contributed by atoms with Crippen LogP contribution in [0, 0.1) is 0 Å². The molecule has 2 aromatic rings. The third-order valence-electron chi connectivity index (χ3n) is 5.83. The molecular weight excluding hydrogens is 360 g/mol. The fourth-order valence-electron chi connectivity index (χ4n) is 4.12. The minimum atomic E-state index is 0.269. The highest BCUT2D eigenvalue weighted by Gasteiger charge is 2.26. The molecule has 2 aromatic carbocycles. The molecule has 0 aliphatic carbocycles. The summed E-state index contributed by atoms with van der Waals surface area (Å²) in [4.78, 5) is 17.4. The number of methoxy groups -OCH3 is 1. The number of hydrogen-bond acceptors (Lipinski definition) is 3. The van der Waals surface area contributed by atoms with E-state index in [0.717, 1.165) is 43.8 Å². The van der Waals surface area contributed by atoms with Gasteiger partial charge in [-0.25, -0.2) is 0 Å². The van der Waals surface area contributed by atoms with Crippen LogP contribution in [0.1, 0.15) is 50.2 Å². The van der Waals surface area contributed by atoms with Crippen molar-refractivity contribution in [3.63, 3.8) is 0 Å². The van der Waals surface area contributed by atoms with Gasteiger partial charge in [0.2, 0.25) is 5.91 Å². The van der Waals surface area contributed by atoms with Gasteiger partial charge in [-0.15, -0.1) is 0 Å². The minimum absolute atomic E-state index is 0.269. The van der Waals surface area contributed by atoms with E-state index in [0.29, 0.717) is 19.0 Å². The molecule has 1 amide bonds. The zero-order valence-corrected chi connectivity index (χ0v) is 17.8. The summed E-state index contributed by atoms with van der Waals surface area (Å²) in [7, 11) is 1.68. The van der Waals surface area contributed by atoms with E-state index in [1.807, 2.05) is 23.1 Å². The van der Waals surface area contributed by atoms with Gasteiger partial charge in [-0.05, 0) is 49.1 Å². The third kappa shape index (κ3) is 6.33. The Morgan fingerprint density at radius 1 is 1.07 bits per heavy atom. The van der Waals surface area contributed by atoms with E-state index in [2.05, 4.69) is 48.2 Å². The maximum Gasteiger partial charge on any atom is 0.222 e. The maximum absolute atomic E-state index is 12.8. The molecule has 4 nitrogen and oxygen atoms in total. The van der Waals surface area contributed by atoms with Gasteiger partial charge in [-0.2, -0.15) is 0 Å². The molecule has 4 heteroatoms. The van der Waals surface area contributed by atoms with Gasteiger partial charge >= 0.3 is 0 Å². The molecule has 0 saturated carbocycles. The van der Waals surface area contributed by atoms with Crippen LogP contribution in [-0.2, 0) is 17.9 Å². The van der Waals surface area contributed by atoms with E-state index < -0.39 is 0 Å². The van der Waals surface area contributed by atoms with E-state index in [1.165, 1.54) is 18.4 Å². The van der Waals surface area contributed by atoms with Crippen LogP contribution in [0.4, 0.5) is 0 Å². The van der Waals surface area contributed by atoms with Crippen LogP contribution in [0.5, 0.6) is 5.75 Å². The third-order valence-corrected chi connectivity index (χ3v) is 5.83. The van der Waals surface area contributed by atoms with Crippen molar-refractivity contribution in [2.24, 2.45) is 0 Å². The van der Waals surface area contributed by atoms with Gasteiger partial charge in [0.05, 0.1) is 7.11 Å². The summed E-state index contributed by atoms with van der Waals surface area (Å²) >= 11 is 0. The summed E-state index contributed by atoms with van der Waals surface area (Å²) in [5.41, 5.74) is 2.48. The Balaban J connectivity index is 1.65. The van der Waals surface area contributed by atoms with Crippen LogP contribution >= 0.6 is 0 Å². The van der Waals surface area contributed by atoms with E-state index in [1.54, 1.807) is 7.11 Å². The number of carbonyl (C=O) groups excluding carboxylic acids is 1. The van der Waals surface area contributed by atoms with Crippen LogP contribution in [-0.4, -0.2) is 41.9 Å². The van der Waals surface area contributed by atoms with Crippen LogP contribution in [0.15, 0.2) is 54.6 Å². The van der Waals surface area contributed by atoms with Crippen molar-refractivity contribution in [3.8, 4) is 5.75 Å². The lowest BCUT2D eigenvalue weighted by Crippen LogP contribution is -2.36. The number of carbonyl (C=O) groups is 1. The number of hydrogen-bond donors (Lipinski definition) is 0. The van der Waals surface area contributed by atoms with Crippen molar-refractivity contribution in [2.75, 3.05) is 20.2 Å². The van der Waals surface area contributed by atoms with Crippen LogP contribution in [0.25, 0.3) is 0 Å². The number of ether oxygens (including phenoxy) is 1. The average Bonchev–Trinajstić information content (AvgIpc) is 2.94. The van der Waals surface area contributed by atoms with Gasteiger partial charge in [0.15, 0.2) is 0 Å². The topological polar surface area (TPSA) is 32.8 Å². The molecule has 0 bridgehead atoms. The van der Waals surface area contributed by atoms with E-state index in [4.69, 9.17) is 4.74 Å². The SMILES string of the molecule is CCCCN(Cc1ccccc1)C1CCC(=O)N(Cc2cccc(OC)c2)CC1. The smallest absolute Gasteiger partial charge is 0.222 e. The molecule has 1 heterocycles. The van der Waals surface area contributed by atoms with Gasteiger partial charge in [0.25, 0.3) is 0 Å². The molecule has 1 saturated heterocycles. The van der Waals surface area contributed by atoms with E-state index in [-0.39, 0.29) is 5.91 Å². The molecule has 0 N–H and O–H groups in total. The molecule has 0 aromatic heterocycles. The highest BCUT2D eigenvalue weighted by atomic mass is 16.5. The van der Waals surface area contributed by atoms with Gasteiger partial charge in [-0.1, -0.05) is 55.8 Å². The Morgan fingerprint density at radius 3 is 2.62 bits per heavy atom. The normalized spacial score (nSPS) is 17.4. The molecule has 156 valence electrons. The predicted molar refractivity (Wildman–Crippen MR) is 118 cm³/mol. The molecule has 1 aliphatic heterocycles. The van der Waals surface area contributed by atoms with Crippen LogP contribution in [0.3, 0.4) is 0 Å². The molecule has 3 rings (SSSR count). The zero-order chi connectivity index (χ0) is 20.5. The van der Waals surface area contributed by atoms with Crippen molar-refractivity contribution < 1.29 is 9.53 Å². The second kappa shape index (κ2) is 11.0. The Labute approximate surface area is 175 Å². The Hall–Kier alpha value is -2.33. The average molecular weight is 395 g/mol. The Kier molecular flexibility index (Phi) is 8.12. The summed E-state index contributed by atoms with van der Waals surface area (Å²) in [5.74, 6) is 1.11. The Morgan fingerprint density at radius 2 is 1.86 bits per heavy atom. The van der Waals surface area contributed by atoms with Crippen molar-refractivity contribution in [1.29, 1.82) is 0 Å². The highest BCUT2D eigenvalue weighted by molar-refractivity contribution is 5.76. The fraction of sp³-hybridized carbons (Fsp3) is 0.480. The number of amides is 1. The summed E-state index contributed by atoms with van der Waals surface area (Å²) in [5, 5.41) is 0. The van der Waals surface area contributed by atoms with Gasteiger partial charge in [-0.3, -0.25) is 9.69 Å². The first-order chi connectivity index (χ1) is 14.2. The monoisotopic (exact) mass is 394 g/mol. The number of benzene rings is 2. The second-order valence-corrected chi connectivity index (χ2v) is 7.96. The summed E-state index contributed by atoms with van der Waals surface area (Å²) in [6, 6.07) is 19.2. The van der Waals surface area contributed by atoms with Gasteiger partial charge in [0, 0.05) is 32.1 Å². The van der Waals surface area contributed by atoms with Crippen molar-refractivity contribution in [3.05, 3.63) is 65.7 Å². The molecule has 1 fully saturated rings. The molecule has 0 radical (unpaired) electrons. The quantitative estimate of drug-likeness (QED) is 0.608. The number of rotatable bonds is 9. The number of unbranched alkanes of at least 4 members (excludes halogenated alkanes) is 1. The molecule has 29 heavy (non-hydrogen) atoms. The van der Waals surface area contributed by atoms with Crippen molar-refractivity contribution in [1.82, 2.24) is 9.80 Å². The second-order valence-electron chi connectivity index (χ2n) is 7.96. The van der Waals surface area contributed by atoms with E-state index >= 15 is 0 Å². The first kappa shape index (κ1) is 21.4. The van der Waals surface area contributed by atoms with Gasteiger partial charge < -0.3 is 9.64 Å². The Bertz CT molecular complexity index is 762.